The number of carbonyl (C=O) groups excluding carboxylic acids is 1. The molecule has 3 aromatic rings. The highest BCUT2D eigenvalue weighted by atomic mass is 32.2. The summed E-state index contributed by atoms with van der Waals surface area (Å²) in [5.74, 6) is -0.161. The standard InChI is InChI=1S/C25H29N3O6S2/c1-17-15-33-16-21(17)25(30)27-22(11-19-7-4-3-5-8-19)23(29)14-28(13-20-9-6-10-35-20)36(31,32)24-12-26-34-18(24)2/h3-10,12,22-23,29H,11,13-16H2,1-2H3,(H,27,30). The first-order valence-electron chi connectivity index (χ1n) is 11.5. The molecule has 0 bridgehead atoms. The third-order valence-corrected chi connectivity index (χ3v) is 8.83. The van der Waals surface area contributed by atoms with Crippen LogP contribution >= 0.6 is 11.3 Å². The number of benzene rings is 1. The van der Waals surface area contributed by atoms with E-state index in [1.165, 1.54) is 22.6 Å². The summed E-state index contributed by atoms with van der Waals surface area (Å²) >= 11 is 1.42. The lowest BCUT2D eigenvalue weighted by atomic mass is 10.00. The van der Waals surface area contributed by atoms with Crippen LogP contribution in [0.5, 0.6) is 0 Å². The Hall–Kier alpha value is -2.83. The van der Waals surface area contributed by atoms with Crippen LogP contribution in [0, 0.1) is 6.92 Å². The van der Waals surface area contributed by atoms with Gasteiger partial charge in [-0.15, -0.1) is 11.3 Å². The van der Waals surface area contributed by atoms with Crippen molar-refractivity contribution in [3.8, 4) is 0 Å². The van der Waals surface area contributed by atoms with E-state index in [9.17, 15) is 18.3 Å². The largest absolute Gasteiger partial charge is 0.390 e. The number of nitrogens with zero attached hydrogens (tertiary/aromatic N) is 2. The van der Waals surface area contributed by atoms with E-state index in [1.807, 2.05) is 54.8 Å². The molecule has 192 valence electrons. The molecule has 1 aliphatic heterocycles. The van der Waals surface area contributed by atoms with Gasteiger partial charge in [0.1, 0.15) is 4.90 Å². The fraction of sp³-hybridized carbons (Fsp3) is 0.360. The number of nitrogens with one attached hydrogen (secondary N) is 1. The van der Waals surface area contributed by atoms with Gasteiger partial charge in [-0.1, -0.05) is 41.6 Å². The molecular formula is C25H29N3O6S2. The molecular weight excluding hydrogens is 502 g/mol. The molecule has 2 atom stereocenters. The maximum absolute atomic E-state index is 13.5. The smallest absolute Gasteiger partial charge is 0.249 e. The summed E-state index contributed by atoms with van der Waals surface area (Å²) < 4.78 is 38.7. The van der Waals surface area contributed by atoms with E-state index < -0.39 is 22.2 Å². The highest BCUT2D eigenvalue weighted by molar-refractivity contribution is 7.89. The average Bonchev–Trinajstić information content (AvgIpc) is 3.61. The molecule has 0 saturated carbocycles. The topological polar surface area (TPSA) is 122 Å². The van der Waals surface area contributed by atoms with Gasteiger partial charge in [-0.25, -0.2) is 8.42 Å². The predicted molar refractivity (Wildman–Crippen MR) is 135 cm³/mol. The number of thiophene rings is 1. The zero-order chi connectivity index (χ0) is 25.7. The van der Waals surface area contributed by atoms with E-state index in [1.54, 1.807) is 0 Å². The molecule has 9 nitrogen and oxygen atoms in total. The molecule has 36 heavy (non-hydrogen) atoms. The molecule has 2 N–H and O–H groups in total. The second-order valence-corrected chi connectivity index (χ2v) is 11.7. The number of hydrogen-bond donors (Lipinski definition) is 2. The molecule has 1 aliphatic rings. The van der Waals surface area contributed by atoms with Gasteiger partial charge in [-0.05, 0) is 42.9 Å². The molecule has 0 aliphatic carbocycles. The van der Waals surface area contributed by atoms with Crippen molar-refractivity contribution in [3.05, 3.63) is 81.4 Å². The van der Waals surface area contributed by atoms with Gasteiger partial charge in [-0.3, -0.25) is 4.79 Å². The van der Waals surface area contributed by atoms with Crippen LogP contribution in [-0.2, 0) is 32.5 Å². The van der Waals surface area contributed by atoms with Crippen molar-refractivity contribution in [2.45, 2.75) is 43.9 Å². The first-order valence-corrected chi connectivity index (χ1v) is 13.8. The van der Waals surface area contributed by atoms with Crippen LogP contribution in [0.15, 0.2) is 74.6 Å². The number of aromatic nitrogens is 1. The van der Waals surface area contributed by atoms with Crippen molar-refractivity contribution in [3.63, 3.8) is 0 Å². The van der Waals surface area contributed by atoms with Crippen LogP contribution in [0.4, 0.5) is 0 Å². The van der Waals surface area contributed by atoms with Gasteiger partial charge >= 0.3 is 0 Å². The van der Waals surface area contributed by atoms with E-state index in [2.05, 4.69) is 10.5 Å². The van der Waals surface area contributed by atoms with Crippen LogP contribution < -0.4 is 5.32 Å². The van der Waals surface area contributed by atoms with Gasteiger partial charge in [-0.2, -0.15) is 4.31 Å². The van der Waals surface area contributed by atoms with E-state index >= 15 is 0 Å². The SMILES string of the molecule is CC1=C(C(=O)NC(Cc2ccccc2)C(O)CN(Cc2cccs2)S(=O)(=O)c2cnoc2C)COC1. The van der Waals surface area contributed by atoms with Crippen LogP contribution in [0.1, 0.15) is 23.1 Å². The van der Waals surface area contributed by atoms with Crippen LogP contribution in [0.25, 0.3) is 0 Å². The molecule has 1 aromatic carbocycles. The summed E-state index contributed by atoms with van der Waals surface area (Å²) in [7, 11) is -4.04. The molecule has 4 rings (SSSR count). The Balaban J connectivity index is 1.61. The first-order chi connectivity index (χ1) is 17.3. The number of ether oxygens (including phenoxy) is 1. The Morgan fingerprint density at radius 1 is 1.19 bits per heavy atom. The normalized spacial score (nSPS) is 15.9. The Labute approximate surface area is 214 Å². The van der Waals surface area contributed by atoms with E-state index in [4.69, 9.17) is 9.26 Å². The van der Waals surface area contributed by atoms with Crippen molar-refractivity contribution in [1.29, 1.82) is 0 Å². The van der Waals surface area contributed by atoms with Crippen molar-refractivity contribution >= 4 is 27.3 Å². The number of rotatable bonds is 11. The Bertz CT molecular complexity index is 1300. The maximum Gasteiger partial charge on any atom is 0.249 e. The quantitative estimate of drug-likeness (QED) is 0.390. The minimum Gasteiger partial charge on any atom is -0.390 e. The molecule has 2 unspecified atom stereocenters. The number of aliphatic hydroxyl groups excluding tert-OH is 1. The third kappa shape index (κ3) is 6.11. The van der Waals surface area contributed by atoms with Crippen LogP contribution in [0.3, 0.4) is 0 Å². The molecule has 0 fully saturated rings. The monoisotopic (exact) mass is 531 g/mol. The molecule has 3 heterocycles. The summed E-state index contributed by atoms with van der Waals surface area (Å²) in [6.45, 7) is 3.78. The second-order valence-electron chi connectivity index (χ2n) is 8.71. The van der Waals surface area contributed by atoms with Crippen LogP contribution in [-0.4, -0.2) is 60.8 Å². The number of amides is 1. The molecule has 0 radical (unpaired) electrons. The fourth-order valence-corrected chi connectivity index (χ4v) is 6.33. The number of aliphatic hydroxyl groups is 1. The third-order valence-electron chi connectivity index (χ3n) is 6.06. The highest BCUT2D eigenvalue weighted by Gasteiger charge is 2.34. The highest BCUT2D eigenvalue weighted by Crippen LogP contribution is 2.24. The lowest BCUT2D eigenvalue weighted by molar-refractivity contribution is -0.119. The van der Waals surface area contributed by atoms with Gasteiger partial charge in [0.05, 0.1) is 31.6 Å². The van der Waals surface area contributed by atoms with Crippen molar-refractivity contribution in [1.82, 2.24) is 14.8 Å². The zero-order valence-electron chi connectivity index (χ0n) is 20.1. The summed E-state index contributed by atoms with van der Waals surface area (Å²) in [6.07, 6.45) is 0.282. The van der Waals surface area contributed by atoms with Gasteiger partial charge in [0.2, 0.25) is 15.9 Å². The molecule has 2 aromatic heterocycles. The maximum atomic E-state index is 13.5. The van der Waals surface area contributed by atoms with Crippen molar-refractivity contribution in [2.75, 3.05) is 19.8 Å². The minimum absolute atomic E-state index is 0.0567. The summed E-state index contributed by atoms with van der Waals surface area (Å²) in [6, 6.07) is 12.4. The summed E-state index contributed by atoms with van der Waals surface area (Å²) in [4.78, 5) is 13.8. The molecule has 11 heteroatoms. The minimum atomic E-state index is -4.04. The Morgan fingerprint density at radius 2 is 1.97 bits per heavy atom. The summed E-state index contributed by atoms with van der Waals surface area (Å²) in [5.41, 5.74) is 2.27. The number of hydrogen-bond acceptors (Lipinski definition) is 8. The Kier molecular flexibility index (Phi) is 8.37. The van der Waals surface area contributed by atoms with E-state index in [0.717, 1.165) is 22.2 Å². The van der Waals surface area contributed by atoms with Gasteiger partial charge < -0.3 is 19.7 Å². The lowest BCUT2D eigenvalue weighted by Gasteiger charge is -2.29. The predicted octanol–water partition coefficient (Wildman–Crippen LogP) is 2.67. The van der Waals surface area contributed by atoms with E-state index in [-0.39, 0.29) is 36.3 Å². The summed E-state index contributed by atoms with van der Waals surface area (Å²) in [5, 5.41) is 19.8. The zero-order valence-corrected chi connectivity index (χ0v) is 21.7. The van der Waals surface area contributed by atoms with Gasteiger partial charge in [0.15, 0.2) is 5.76 Å². The van der Waals surface area contributed by atoms with Crippen molar-refractivity contribution < 1.29 is 27.6 Å². The number of carbonyl (C=O) groups is 1. The fourth-order valence-electron chi connectivity index (χ4n) is 4.02. The second kappa shape index (κ2) is 11.5. The van der Waals surface area contributed by atoms with Gasteiger partial charge in [0.25, 0.3) is 0 Å². The van der Waals surface area contributed by atoms with Crippen LogP contribution in [0.2, 0.25) is 0 Å². The molecule has 0 spiro atoms. The number of aryl methyl sites for hydroxylation is 1. The average molecular weight is 532 g/mol. The van der Waals surface area contributed by atoms with E-state index in [0.29, 0.717) is 18.6 Å². The molecule has 1 amide bonds. The van der Waals surface area contributed by atoms with Gasteiger partial charge in [0, 0.05) is 23.5 Å². The number of sulfonamides is 1. The Morgan fingerprint density at radius 3 is 2.58 bits per heavy atom. The lowest BCUT2D eigenvalue weighted by Crippen LogP contribution is -2.50. The molecule has 0 saturated heterocycles. The first kappa shape index (κ1) is 26.2. The van der Waals surface area contributed by atoms with Crippen molar-refractivity contribution in [2.24, 2.45) is 0 Å².